The van der Waals surface area contributed by atoms with Gasteiger partial charge in [-0.25, -0.2) is 28.1 Å². The fraction of sp³-hybridized carbons (Fsp3) is 0.320. The van der Waals surface area contributed by atoms with Crippen molar-refractivity contribution < 1.29 is 44.3 Å². The monoisotopic (exact) mass is 671 g/mol. The molecule has 42 heavy (non-hydrogen) atoms. The molecular weight excluding hydrogens is 647 g/mol. The number of anilines is 1. The van der Waals surface area contributed by atoms with Crippen LogP contribution in [0, 0.1) is 17.5 Å². The van der Waals surface area contributed by atoms with Crippen molar-refractivity contribution in [2.24, 2.45) is 14.1 Å². The minimum Gasteiger partial charge on any atom is -0.472 e. The molecule has 16 nitrogen and oxygen atoms in total. The smallest absolute Gasteiger partial charge is 0.350 e. The number of aryl methyl sites for hydroxylation is 2. The molecule has 0 aliphatic carbocycles. The average molecular weight is 672 g/mol. The minimum absolute atomic E-state index is 0. The number of non-ortho nitro benzene ring substituents is 1. The molecule has 0 amide bonds. The largest absolute Gasteiger partial charge is 0.472 e. The van der Waals surface area contributed by atoms with E-state index < -0.39 is 16.1 Å². The second kappa shape index (κ2) is 9.91. The molecule has 0 bridgehead atoms. The van der Waals surface area contributed by atoms with E-state index in [-0.39, 0.29) is 44.9 Å². The molecule has 6 heterocycles. The average Bonchev–Trinajstić information content (AvgIpc) is 3.36. The quantitative estimate of drug-likeness (QED) is 0.0966. The number of hydrogen-bond donors (Lipinski definition) is 1. The Morgan fingerprint density at radius 1 is 0.833 bits per heavy atom. The van der Waals surface area contributed by atoms with Crippen LogP contribution >= 0.6 is 0 Å². The van der Waals surface area contributed by atoms with Crippen LogP contribution in [0.4, 0.5) is 11.4 Å². The molecule has 17 heteroatoms. The van der Waals surface area contributed by atoms with E-state index in [2.05, 4.69) is 10.2 Å². The zero-order valence-electron chi connectivity index (χ0n) is 22.6. The number of nitrogens with two attached hydrogens (primary N) is 1. The Bertz CT molecular complexity index is 1850. The third-order valence-corrected chi connectivity index (χ3v) is 7.23. The fourth-order valence-corrected chi connectivity index (χ4v) is 5.09. The van der Waals surface area contributed by atoms with Gasteiger partial charge in [-0.1, -0.05) is 0 Å². The number of aromatic nitrogens is 6. The van der Waals surface area contributed by atoms with Crippen molar-refractivity contribution in [1.82, 2.24) is 28.7 Å². The summed E-state index contributed by atoms with van der Waals surface area (Å²) in [6, 6.07) is 9.39. The van der Waals surface area contributed by atoms with Gasteiger partial charge in [-0.3, -0.25) is 10.1 Å². The summed E-state index contributed by atoms with van der Waals surface area (Å²) >= 11 is 0. The summed E-state index contributed by atoms with van der Waals surface area (Å²) in [5.74, 6) is 2.02. The van der Waals surface area contributed by atoms with Crippen LogP contribution in [0.15, 0.2) is 46.0 Å². The van der Waals surface area contributed by atoms with Gasteiger partial charge >= 0.3 is 11.4 Å². The van der Waals surface area contributed by atoms with Gasteiger partial charge in [-0.15, -0.1) is 0 Å². The third-order valence-electron chi connectivity index (χ3n) is 7.23. The van der Waals surface area contributed by atoms with Crippen LogP contribution in [0.1, 0.15) is 11.6 Å². The van der Waals surface area contributed by atoms with Gasteiger partial charge in [0.1, 0.15) is 17.2 Å². The molecule has 2 aromatic carbocycles. The van der Waals surface area contributed by atoms with E-state index in [1.807, 2.05) is 0 Å². The summed E-state index contributed by atoms with van der Waals surface area (Å²) in [6.45, 7) is 1.38. The maximum absolute atomic E-state index is 12.3. The number of nitrogens with zero attached hydrogens (tertiary/aromatic N) is 7. The van der Waals surface area contributed by atoms with Gasteiger partial charge in [0.25, 0.3) is 5.69 Å². The predicted molar refractivity (Wildman–Crippen MR) is 141 cm³/mol. The number of nitro groups is 1. The van der Waals surface area contributed by atoms with E-state index in [9.17, 15) is 19.7 Å². The number of ether oxygens (including phenoxy) is 4. The molecule has 0 radical (unpaired) electrons. The zero-order valence-corrected chi connectivity index (χ0v) is 24.1. The summed E-state index contributed by atoms with van der Waals surface area (Å²) in [7, 11) is 3.14. The Balaban J connectivity index is 0.000000161. The van der Waals surface area contributed by atoms with Crippen molar-refractivity contribution in [2.75, 3.05) is 32.2 Å². The maximum atomic E-state index is 12.3. The normalized spacial score (nSPS) is 17.1. The van der Waals surface area contributed by atoms with Crippen molar-refractivity contribution in [3.63, 3.8) is 0 Å². The standard InChI is InChI=1S/C12H10N4O5.C12H12N4O3.CH3.Pd/c1-14-11(17)15-8-4-7(16(18)19)2-3-9(8)21-12(5-20-6-12)10(15)13-14;1-15-11(17)16-8-4-7(13)2-3-9(8)19-12(5-18-6-12)10(16)14-15;;/h2-4H,5-6H2,1H3;2-4H,5-6,13H2,1H3;1H3;/q;;-1;. The Hall–Kier alpha value is -4.30. The van der Waals surface area contributed by atoms with Gasteiger partial charge in [-0.2, -0.15) is 10.2 Å². The first-order valence-corrected chi connectivity index (χ1v) is 12.2. The van der Waals surface area contributed by atoms with E-state index in [0.717, 1.165) is 0 Å². The molecule has 2 spiro atoms. The van der Waals surface area contributed by atoms with Crippen LogP contribution in [0.25, 0.3) is 11.4 Å². The summed E-state index contributed by atoms with van der Waals surface area (Å²) in [4.78, 5) is 34.9. The molecule has 4 aliphatic rings. The first kappa shape index (κ1) is 29.2. The molecular formula is C25H25N8O8Pd-. The Morgan fingerprint density at radius 2 is 1.29 bits per heavy atom. The molecule has 0 saturated carbocycles. The molecule has 2 fully saturated rings. The topological polar surface area (TPSA) is 186 Å². The number of hydrogen-bond acceptors (Lipinski definition) is 11. The van der Waals surface area contributed by atoms with Gasteiger partial charge in [0.2, 0.25) is 11.2 Å². The molecule has 2 aromatic heterocycles. The number of benzene rings is 2. The SMILES string of the molecule is Cn1nc2n(c1=O)-c1cc(N)ccc1OC21COC1.Cn1nc2n(c1=O)-c1cc([N+](=O)[O-])ccc1OC21COC1.[CH3-].[Pd]. The molecule has 2 saturated heterocycles. The predicted octanol–water partition coefficient (Wildman–Crippen LogP) is 0.316. The first-order valence-electron chi connectivity index (χ1n) is 12.2. The van der Waals surface area contributed by atoms with E-state index >= 15 is 0 Å². The molecule has 0 unspecified atom stereocenters. The van der Waals surface area contributed by atoms with Crippen molar-refractivity contribution >= 4 is 11.4 Å². The van der Waals surface area contributed by atoms with Gasteiger partial charge in [0.15, 0.2) is 11.6 Å². The summed E-state index contributed by atoms with van der Waals surface area (Å²) in [6.07, 6.45) is 0. The fourth-order valence-electron chi connectivity index (χ4n) is 5.09. The first-order chi connectivity index (χ1) is 19.1. The number of nitrogen functional groups attached to an aromatic ring is 1. The van der Waals surface area contributed by atoms with E-state index in [1.165, 1.54) is 39.2 Å². The van der Waals surface area contributed by atoms with Crippen LogP contribution in [-0.4, -0.2) is 60.0 Å². The van der Waals surface area contributed by atoms with Gasteiger partial charge in [0.05, 0.1) is 37.0 Å². The Kier molecular flexibility index (Phi) is 6.89. The second-order valence-corrected chi connectivity index (χ2v) is 9.94. The molecule has 8 rings (SSSR count). The van der Waals surface area contributed by atoms with Gasteiger partial charge in [-0.05, 0) is 24.3 Å². The zero-order chi connectivity index (χ0) is 28.0. The Morgan fingerprint density at radius 3 is 1.71 bits per heavy atom. The van der Waals surface area contributed by atoms with Crippen LogP contribution in [-0.2, 0) is 55.2 Å². The maximum Gasteiger partial charge on any atom is 0.350 e. The number of nitro benzene ring substituents is 1. The number of rotatable bonds is 1. The third kappa shape index (κ3) is 4.00. The van der Waals surface area contributed by atoms with Crippen molar-refractivity contribution in [2.45, 2.75) is 11.2 Å². The molecule has 0 atom stereocenters. The van der Waals surface area contributed by atoms with Crippen LogP contribution < -0.4 is 26.6 Å². The van der Waals surface area contributed by atoms with Crippen molar-refractivity contribution in [3.8, 4) is 22.9 Å². The van der Waals surface area contributed by atoms with Gasteiger partial charge in [0, 0.05) is 52.3 Å². The molecule has 4 aliphatic heterocycles. The summed E-state index contributed by atoms with van der Waals surface area (Å²) in [5, 5.41) is 19.4. The summed E-state index contributed by atoms with van der Waals surface area (Å²) in [5.41, 5.74) is 5.19. The Labute approximate surface area is 250 Å². The molecule has 2 N–H and O–H groups in total. The van der Waals surface area contributed by atoms with Crippen LogP contribution in [0.3, 0.4) is 0 Å². The van der Waals surface area contributed by atoms with Crippen LogP contribution in [0.5, 0.6) is 11.5 Å². The van der Waals surface area contributed by atoms with Crippen molar-refractivity contribution in [3.05, 3.63) is 86.6 Å². The van der Waals surface area contributed by atoms with Gasteiger partial charge < -0.3 is 32.1 Å². The van der Waals surface area contributed by atoms with E-state index in [0.29, 0.717) is 66.6 Å². The van der Waals surface area contributed by atoms with Crippen LogP contribution in [0.2, 0.25) is 0 Å². The second-order valence-electron chi connectivity index (χ2n) is 9.94. The van der Waals surface area contributed by atoms with Crippen molar-refractivity contribution in [1.29, 1.82) is 0 Å². The molecule has 4 aromatic rings. The van der Waals surface area contributed by atoms with E-state index in [1.54, 1.807) is 29.8 Å². The van der Waals surface area contributed by atoms with E-state index in [4.69, 9.17) is 24.7 Å². The summed E-state index contributed by atoms with van der Waals surface area (Å²) < 4.78 is 27.7. The molecule has 224 valence electrons. The minimum atomic E-state index is -0.788. The number of fused-ring (bicyclic) bond motifs is 8.